The summed E-state index contributed by atoms with van der Waals surface area (Å²) >= 11 is 5.83. The molecule has 16 heavy (non-hydrogen) atoms. The topological polar surface area (TPSA) is 43.6 Å². The molecule has 0 aliphatic heterocycles. The molecule has 2 heterocycles. The highest BCUT2D eigenvalue weighted by Gasteiger charge is 2.12. The fourth-order valence-electron chi connectivity index (χ4n) is 1.39. The lowest BCUT2D eigenvalue weighted by Crippen LogP contribution is -2.06. The number of rotatable bonds is 3. The number of nitrogens with zero attached hydrogens (tertiary/aromatic N) is 4. The molecule has 84 valence electrons. The second kappa shape index (κ2) is 4.61. The highest BCUT2D eigenvalue weighted by molar-refractivity contribution is 6.17. The van der Waals surface area contributed by atoms with Gasteiger partial charge in [-0.2, -0.15) is 5.10 Å². The first-order valence-electron chi connectivity index (χ1n) is 7.55. The van der Waals surface area contributed by atoms with Crippen molar-refractivity contribution in [1.82, 2.24) is 19.7 Å². The molecule has 2 aromatic rings. The third kappa shape index (κ3) is 1.93. The molecule has 0 aliphatic carbocycles. The zero-order valence-electron chi connectivity index (χ0n) is 14.3. The number of alkyl halides is 1. The summed E-state index contributed by atoms with van der Waals surface area (Å²) in [4.78, 5) is 7.93. The molecular formula is C11H13ClN4. The van der Waals surface area contributed by atoms with Crippen molar-refractivity contribution in [3.05, 3.63) is 30.4 Å². The van der Waals surface area contributed by atoms with Gasteiger partial charge in [-0.1, -0.05) is 0 Å². The van der Waals surface area contributed by atoms with Crippen molar-refractivity contribution in [3.63, 3.8) is 0 Å². The average Bonchev–Trinajstić information content (AvgIpc) is 2.83. The summed E-state index contributed by atoms with van der Waals surface area (Å²) in [5.41, 5.74) is 1.19. The number of hydrogen-bond donors (Lipinski definition) is 0. The van der Waals surface area contributed by atoms with Crippen LogP contribution < -0.4 is 0 Å². The minimum atomic E-state index is -2.75. The first-order chi connectivity index (χ1) is 10.2. The minimum absolute atomic E-state index is 0.105. The number of halogens is 1. The van der Waals surface area contributed by atoms with E-state index in [1.807, 2.05) is 0 Å². The van der Waals surface area contributed by atoms with Gasteiger partial charge < -0.3 is 0 Å². The standard InChI is InChI=1S/C11H13ClN4/c1-8(2)16-10(3-4-15-16)11-9(5-12)6-13-7-14-11/h3-4,6-8H,5H2,1-2H3/i1D3,2D3. The van der Waals surface area contributed by atoms with Crippen LogP contribution >= 0.6 is 11.6 Å². The lowest BCUT2D eigenvalue weighted by Gasteiger charge is -2.11. The Morgan fingerprint density at radius 3 is 3.19 bits per heavy atom. The van der Waals surface area contributed by atoms with Crippen LogP contribution in [-0.2, 0) is 5.88 Å². The third-order valence-corrected chi connectivity index (χ3v) is 2.38. The molecule has 5 heteroatoms. The minimum Gasteiger partial charge on any atom is -0.261 e. The lowest BCUT2D eigenvalue weighted by atomic mass is 10.2. The van der Waals surface area contributed by atoms with Crippen LogP contribution in [0.15, 0.2) is 24.8 Å². The Balaban J connectivity index is 2.62. The van der Waals surface area contributed by atoms with Gasteiger partial charge in [-0.15, -0.1) is 11.6 Å². The van der Waals surface area contributed by atoms with E-state index in [0.717, 1.165) is 4.68 Å². The summed E-state index contributed by atoms with van der Waals surface area (Å²) in [6, 6.07) is -0.272. The molecule has 4 nitrogen and oxygen atoms in total. The van der Waals surface area contributed by atoms with E-state index in [2.05, 4.69) is 15.1 Å². The lowest BCUT2D eigenvalue weighted by molar-refractivity contribution is 0.537. The van der Waals surface area contributed by atoms with Crippen molar-refractivity contribution in [2.75, 3.05) is 0 Å². The van der Waals surface area contributed by atoms with Gasteiger partial charge in [0.2, 0.25) is 0 Å². The predicted octanol–water partition coefficient (Wildman–Crippen LogP) is 2.66. The summed E-state index contributed by atoms with van der Waals surface area (Å²) in [5, 5.41) is 3.89. The normalized spacial score (nSPS) is 18.1. The first-order valence-corrected chi connectivity index (χ1v) is 5.08. The summed E-state index contributed by atoms with van der Waals surface area (Å²) in [7, 11) is 0. The van der Waals surface area contributed by atoms with E-state index in [1.165, 1.54) is 24.8 Å². The van der Waals surface area contributed by atoms with Crippen LogP contribution in [0, 0.1) is 0 Å². The largest absolute Gasteiger partial charge is 0.261 e. The number of hydrogen-bond acceptors (Lipinski definition) is 3. The van der Waals surface area contributed by atoms with Crippen LogP contribution in [0.5, 0.6) is 0 Å². The van der Waals surface area contributed by atoms with E-state index in [4.69, 9.17) is 19.8 Å². The van der Waals surface area contributed by atoms with Gasteiger partial charge in [0.25, 0.3) is 0 Å². The molecule has 0 bridgehead atoms. The van der Waals surface area contributed by atoms with Gasteiger partial charge in [-0.25, -0.2) is 9.97 Å². The Kier molecular flexibility index (Phi) is 1.67. The van der Waals surface area contributed by atoms with Gasteiger partial charge in [0, 0.05) is 32.2 Å². The average molecular weight is 243 g/mol. The van der Waals surface area contributed by atoms with Gasteiger partial charge in [0.1, 0.15) is 6.33 Å². The molecule has 0 fully saturated rings. The maximum absolute atomic E-state index is 7.53. The summed E-state index contributed by atoms with van der Waals surface area (Å²) in [6.07, 6.45) is 4.11. The zero-order chi connectivity index (χ0) is 16.5. The van der Waals surface area contributed by atoms with Gasteiger partial charge in [0.05, 0.1) is 17.3 Å². The SMILES string of the molecule is [2H]C([2H])([2H])C(n1nccc1-c1ncncc1CCl)C([2H])([2H])[2H]. The molecule has 2 aromatic heterocycles. The predicted molar refractivity (Wildman–Crippen MR) is 63.2 cm³/mol. The fraction of sp³-hybridized carbons (Fsp3) is 0.364. The van der Waals surface area contributed by atoms with Gasteiger partial charge in [-0.3, -0.25) is 4.68 Å². The molecule has 0 unspecified atom stereocenters. The Morgan fingerprint density at radius 1 is 1.56 bits per heavy atom. The Morgan fingerprint density at radius 2 is 2.44 bits per heavy atom. The van der Waals surface area contributed by atoms with Crippen LogP contribution in [0.2, 0.25) is 0 Å². The van der Waals surface area contributed by atoms with E-state index >= 15 is 0 Å². The smallest absolute Gasteiger partial charge is 0.116 e. The van der Waals surface area contributed by atoms with Crippen molar-refractivity contribution >= 4 is 11.6 Å². The van der Waals surface area contributed by atoms with Crippen molar-refractivity contribution in [1.29, 1.82) is 0 Å². The van der Waals surface area contributed by atoms with Gasteiger partial charge in [0.15, 0.2) is 0 Å². The number of aromatic nitrogens is 4. The Bertz CT molecular complexity index is 637. The molecule has 0 amide bonds. The van der Waals surface area contributed by atoms with Crippen LogP contribution in [0.3, 0.4) is 0 Å². The maximum Gasteiger partial charge on any atom is 0.116 e. The highest BCUT2D eigenvalue weighted by atomic mass is 35.5. The first kappa shape index (κ1) is 5.77. The van der Waals surface area contributed by atoms with E-state index in [9.17, 15) is 0 Å². The Labute approximate surface area is 108 Å². The highest BCUT2D eigenvalue weighted by Crippen LogP contribution is 2.23. The van der Waals surface area contributed by atoms with E-state index < -0.39 is 19.7 Å². The molecule has 0 radical (unpaired) electrons. The van der Waals surface area contributed by atoms with E-state index in [1.54, 1.807) is 0 Å². The fourth-order valence-corrected chi connectivity index (χ4v) is 1.59. The van der Waals surface area contributed by atoms with Crippen LogP contribution in [0.4, 0.5) is 0 Å². The molecule has 2 rings (SSSR count). The molecule has 0 aromatic carbocycles. The van der Waals surface area contributed by atoms with Crippen molar-refractivity contribution in [2.24, 2.45) is 0 Å². The monoisotopic (exact) mass is 242 g/mol. The van der Waals surface area contributed by atoms with Crippen molar-refractivity contribution in [2.45, 2.75) is 25.6 Å². The summed E-state index contributed by atoms with van der Waals surface area (Å²) < 4.78 is 46.2. The molecule has 0 spiro atoms. The molecule has 0 atom stereocenters. The second-order valence-electron chi connectivity index (χ2n) is 3.09. The van der Waals surface area contributed by atoms with E-state index in [-0.39, 0.29) is 11.6 Å². The summed E-state index contributed by atoms with van der Waals surface area (Å²) in [6.45, 7) is -5.50. The Hall–Kier alpha value is -1.42. The van der Waals surface area contributed by atoms with Crippen molar-refractivity contribution in [3.8, 4) is 11.4 Å². The molecular weight excluding hydrogens is 224 g/mol. The maximum atomic E-state index is 7.53. The molecule has 0 N–H and O–H groups in total. The quantitative estimate of drug-likeness (QED) is 0.778. The molecule has 0 saturated heterocycles. The van der Waals surface area contributed by atoms with E-state index in [0.29, 0.717) is 11.3 Å². The zero-order valence-corrected chi connectivity index (χ0v) is 9.02. The summed E-state index contributed by atoms with van der Waals surface area (Å²) in [5.74, 6) is 0.105. The van der Waals surface area contributed by atoms with Gasteiger partial charge in [-0.05, 0) is 19.8 Å². The van der Waals surface area contributed by atoms with Crippen molar-refractivity contribution < 1.29 is 8.22 Å². The van der Waals surface area contributed by atoms with Crippen LogP contribution in [0.25, 0.3) is 11.4 Å². The van der Waals surface area contributed by atoms with Crippen LogP contribution in [0.1, 0.15) is 33.5 Å². The molecule has 0 saturated carbocycles. The second-order valence-corrected chi connectivity index (χ2v) is 3.36. The third-order valence-electron chi connectivity index (χ3n) is 2.09. The van der Waals surface area contributed by atoms with Crippen LogP contribution in [-0.4, -0.2) is 19.7 Å². The van der Waals surface area contributed by atoms with Gasteiger partial charge >= 0.3 is 0 Å². The molecule has 0 aliphatic rings.